The first kappa shape index (κ1) is 21.3. The first-order chi connectivity index (χ1) is 15.3. The van der Waals surface area contributed by atoms with E-state index < -0.39 is 15.3 Å². The van der Waals surface area contributed by atoms with Crippen LogP contribution in [-0.2, 0) is 21.2 Å². The second kappa shape index (κ2) is 8.08. The Bertz CT molecular complexity index is 1260. The lowest BCUT2D eigenvalue weighted by molar-refractivity contribution is 0.0984. The quantitative estimate of drug-likeness (QED) is 0.625. The van der Waals surface area contributed by atoms with Crippen molar-refractivity contribution in [3.05, 3.63) is 42.2 Å². The zero-order chi connectivity index (χ0) is 22.5. The van der Waals surface area contributed by atoms with Gasteiger partial charge in [0.25, 0.3) is 0 Å². The number of sulfonamides is 1. The number of rotatable bonds is 5. The van der Waals surface area contributed by atoms with Crippen molar-refractivity contribution in [3.63, 3.8) is 0 Å². The number of hydrogen-bond acceptors (Lipinski definition) is 5. The fourth-order valence-corrected chi connectivity index (χ4v) is 6.26. The van der Waals surface area contributed by atoms with E-state index in [0.717, 1.165) is 35.1 Å². The minimum atomic E-state index is -3.53. The van der Waals surface area contributed by atoms with Crippen LogP contribution >= 0.6 is 0 Å². The van der Waals surface area contributed by atoms with Gasteiger partial charge in [0.15, 0.2) is 0 Å². The molecule has 3 aromatic rings. The van der Waals surface area contributed by atoms with Crippen LogP contribution in [0.5, 0.6) is 0 Å². The van der Waals surface area contributed by atoms with E-state index in [2.05, 4.69) is 64.5 Å². The molecule has 0 atom stereocenters. The number of pyridine rings is 1. The second-order valence-corrected chi connectivity index (χ2v) is 11.0. The summed E-state index contributed by atoms with van der Waals surface area (Å²) in [6, 6.07) is 8.51. The van der Waals surface area contributed by atoms with Crippen LogP contribution in [0.2, 0.25) is 0 Å². The summed E-state index contributed by atoms with van der Waals surface area (Å²) in [5, 5.41) is 0.404. The van der Waals surface area contributed by atoms with Gasteiger partial charge in [-0.3, -0.25) is 4.72 Å². The Morgan fingerprint density at radius 2 is 1.97 bits per heavy atom. The number of nitrogens with one attached hydrogen (secondary N) is 1. The van der Waals surface area contributed by atoms with Gasteiger partial charge in [-0.15, -0.1) is 0 Å². The van der Waals surface area contributed by atoms with E-state index in [1.807, 2.05) is 0 Å². The highest BCUT2D eigenvalue weighted by Crippen LogP contribution is 2.39. The maximum absolute atomic E-state index is 13.2. The first-order valence-electron chi connectivity index (χ1n) is 11.3. The molecule has 0 aliphatic carbocycles. The molecule has 1 N–H and O–H groups in total. The van der Waals surface area contributed by atoms with Gasteiger partial charge in [-0.2, -0.15) is 0 Å². The molecule has 1 aromatic carbocycles. The van der Waals surface area contributed by atoms with E-state index in [4.69, 9.17) is 4.74 Å². The maximum atomic E-state index is 13.2. The lowest BCUT2D eigenvalue weighted by Crippen LogP contribution is -2.33. The third-order valence-corrected chi connectivity index (χ3v) is 8.51. The molecule has 7 nitrogen and oxygen atoms in total. The number of nitrogens with zero attached hydrogens (tertiary/aromatic N) is 3. The summed E-state index contributed by atoms with van der Waals surface area (Å²) in [6.07, 6.45) is 5.87. The van der Waals surface area contributed by atoms with Crippen LogP contribution in [0.25, 0.3) is 22.2 Å². The summed E-state index contributed by atoms with van der Waals surface area (Å²) < 4.78 is 36.7. The van der Waals surface area contributed by atoms with Gasteiger partial charge in [0, 0.05) is 56.5 Å². The highest BCUT2D eigenvalue weighted by Gasteiger charge is 2.29. The Morgan fingerprint density at radius 1 is 1.19 bits per heavy atom. The third kappa shape index (κ3) is 3.65. The van der Waals surface area contributed by atoms with Crippen molar-refractivity contribution in [1.29, 1.82) is 0 Å². The van der Waals surface area contributed by atoms with Crippen molar-refractivity contribution < 1.29 is 13.2 Å². The summed E-state index contributed by atoms with van der Waals surface area (Å²) in [4.78, 5) is 6.91. The van der Waals surface area contributed by atoms with E-state index in [0.29, 0.717) is 31.7 Å². The van der Waals surface area contributed by atoms with Crippen molar-refractivity contribution >= 4 is 32.4 Å². The van der Waals surface area contributed by atoms with Crippen molar-refractivity contribution in [2.75, 3.05) is 36.4 Å². The second-order valence-electron chi connectivity index (χ2n) is 9.07. The first-order valence-corrected chi connectivity index (χ1v) is 12.8. The monoisotopic (exact) mass is 454 g/mol. The predicted molar refractivity (Wildman–Crippen MR) is 129 cm³/mol. The van der Waals surface area contributed by atoms with Gasteiger partial charge in [-0.25, -0.2) is 13.4 Å². The molecule has 1 saturated heterocycles. The van der Waals surface area contributed by atoms with Gasteiger partial charge in [-0.1, -0.05) is 12.1 Å². The minimum Gasteiger partial charge on any atom is -0.381 e. The van der Waals surface area contributed by atoms with Crippen LogP contribution in [0.15, 0.2) is 36.7 Å². The molecule has 2 aliphatic rings. The van der Waals surface area contributed by atoms with E-state index >= 15 is 0 Å². The van der Waals surface area contributed by atoms with Crippen molar-refractivity contribution in [1.82, 2.24) is 9.55 Å². The minimum absolute atomic E-state index is 0.193. The Kier molecular flexibility index (Phi) is 5.37. The Hall–Kier alpha value is -2.58. The number of likely N-dealkylation sites (N-methyl/N-ethyl adjacent to an activating group) is 1. The molecule has 8 heteroatoms. The summed E-state index contributed by atoms with van der Waals surface area (Å²) in [5.41, 5.74) is 6.03. The summed E-state index contributed by atoms with van der Waals surface area (Å²) >= 11 is 0. The molecule has 0 unspecified atom stereocenters. The standard InChI is InChI=1S/C24H30N4O3S/c1-16(2)28-15-20(18-5-4-17-7-11-27(3)22(17)14-18)23-21(6-10-25-24(23)28)26-32(29,30)19-8-12-31-13-9-19/h4-6,10,14-16,19H,7-9,11-13H2,1-3H3,(H,25,26). The van der Waals surface area contributed by atoms with E-state index in [1.165, 1.54) is 11.3 Å². The molecule has 2 aromatic heterocycles. The highest BCUT2D eigenvalue weighted by atomic mass is 32.2. The number of aromatic nitrogens is 2. The van der Waals surface area contributed by atoms with Crippen molar-refractivity contribution in [3.8, 4) is 11.1 Å². The zero-order valence-corrected chi connectivity index (χ0v) is 19.7. The van der Waals surface area contributed by atoms with E-state index in [9.17, 15) is 8.42 Å². The summed E-state index contributed by atoms with van der Waals surface area (Å²) in [5.74, 6) is 0. The number of fused-ring (bicyclic) bond motifs is 2. The van der Waals surface area contributed by atoms with Crippen LogP contribution < -0.4 is 9.62 Å². The van der Waals surface area contributed by atoms with Crippen LogP contribution in [0.3, 0.4) is 0 Å². The Labute approximate surface area is 189 Å². The normalized spacial score (nSPS) is 17.3. The average molecular weight is 455 g/mol. The van der Waals surface area contributed by atoms with Gasteiger partial charge in [0.05, 0.1) is 16.3 Å². The third-order valence-electron chi connectivity index (χ3n) is 6.65. The van der Waals surface area contributed by atoms with Crippen LogP contribution in [0, 0.1) is 0 Å². The van der Waals surface area contributed by atoms with E-state index in [-0.39, 0.29) is 6.04 Å². The topological polar surface area (TPSA) is 76.5 Å². The van der Waals surface area contributed by atoms with Gasteiger partial charge >= 0.3 is 0 Å². The molecule has 0 bridgehead atoms. The summed E-state index contributed by atoms with van der Waals surface area (Å²) in [7, 11) is -1.42. The lowest BCUT2D eigenvalue weighted by atomic mass is 10.0. The molecule has 0 radical (unpaired) electrons. The van der Waals surface area contributed by atoms with Gasteiger partial charge in [0.1, 0.15) is 5.65 Å². The summed E-state index contributed by atoms with van der Waals surface area (Å²) in [6.45, 7) is 6.20. The molecular formula is C24H30N4O3S. The molecule has 1 fully saturated rings. The molecule has 4 heterocycles. The SMILES string of the molecule is CC(C)n1cc(-c2ccc3c(c2)N(C)CC3)c2c(NS(=O)(=O)C3CCOCC3)ccnc21. The molecule has 2 aliphatic heterocycles. The molecule has 170 valence electrons. The van der Waals surface area contributed by atoms with Crippen molar-refractivity contribution in [2.45, 2.75) is 44.4 Å². The van der Waals surface area contributed by atoms with Crippen LogP contribution in [-0.4, -0.2) is 50.0 Å². The molecule has 0 spiro atoms. The fourth-order valence-electron chi connectivity index (χ4n) is 4.80. The molecule has 5 rings (SSSR count). The zero-order valence-electron chi connectivity index (χ0n) is 18.8. The Balaban J connectivity index is 1.65. The van der Waals surface area contributed by atoms with E-state index in [1.54, 1.807) is 12.3 Å². The maximum Gasteiger partial charge on any atom is 0.235 e. The molecule has 0 saturated carbocycles. The van der Waals surface area contributed by atoms with Gasteiger partial charge < -0.3 is 14.2 Å². The predicted octanol–water partition coefficient (Wildman–Crippen LogP) is 4.20. The number of hydrogen-bond donors (Lipinski definition) is 1. The lowest BCUT2D eigenvalue weighted by Gasteiger charge is -2.23. The number of ether oxygens (including phenoxy) is 1. The van der Waals surface area contributed by atoms with Crippen LogP contribution in [0.1, 0.15) is 38.3 Å². The molecule has 0 amide bonds. The Morgan fingerprint density at radius 3 is 2.72 bits per heavy atom. The van der Waals surface area contributed by atoms with Gasteiger partial charge in [0.2, 0.25) is 10.0 Å². The largest absolute Gasteiger partial charge is 0.381 e. The van der Waals surface area contributed by atoms with Gasteiger partial charge in [-0.05, 0) is 56.4 Å². The number of benzene rings is 1. The highest BCUT2D eigenvalue weighted by molar-refractivity contribution is 7.93. The smallest absolute Gasteiger partial charge is 0.235 e. The number of anilines is 2. The van der Waals surface area contributed by atoms with Crippen LogP contribution in [0.4, 0.5) is 11.4 Å². The average Bonchev–Trinajstić information content (AvgIpc) is 3.36. The van der Waals surface area contributed by atoms with Crippen molar-refractivity contribution in [2.24, 2.45) is 0 Å². The fraction of sp³-hybridized carbons (Fsp3) is 0.458. The molecular weight excluding hydrogens is 424 g/mol. The molecule has 32 heavy (non-hydrogen) atoms.